The standard InChI is InChI=1S/C15H16N2O3/c1-11-6-5-7-12(2)15(11)16-13(18)10-20-14-8-3-4-9-17(14)19/h3-9H,10H2,1-2H3,(H,16,18). The number of nitrogens with zero attached hydrogens (tertiary/aromatic N) is 1. The Morgan fingerprint density at radius 1 is 1.20 bits per heavy atom. The number of rotatable bonds is 4. The molecule has 2 aromatic rings. The second-order valence-corrected chi connectivity index (χ2v) is 4.47. The molecular formula is C15H16N2O3. The summed E-state index contributed by atoms with van der Waals surface area (Å²) in [4.78, 5) is 11.9. The summed E-state index contributed by atoms with van der Waals surface area (Å²) in [5, 5.41) is 14.2. The molecule has 0 aliphatic heterocycles. The van der Waals surface area contributed by atoms with Gasteiger partial charge < -0.3 is 15.3 Å². The molecule has 1 aromatic heterocycles. The van der Waals surface area contributed by atoms with Crippen LogP contribution in [0.3, 0.4) is 0 Å². The van der Waals surface area contributed by atoms with Crippen molar-refractivity contribution in [1.82, 2.24) is 0 Å². The van der Waals surface area contributed by atoms with Gasteiger partial charge in [-0.05, 0) is 31.0 Å². The zero-order valence-corrected chi connectivity index (χ0v) is 11.4. The second kappa shape index (κ2) is 6.06. The van der Waals surface area contributed by atoms with Gasteiger partial charge in [-0.2, -0.15) is 0 Å². The van der Waals surface area contributed by atoms with Crippen LogP contribution in [0.25, 0.3) is 0 Å². The highest BCUT2D eigenvalue weighted by molar-refractivity contribution is 5.93. The summed E-state index contributed by atoms with van der Waals surface area (Å²) in [5.74, 6) is -0.199. The minimum Gasteiger partial charge on any atom is -0.616 e. The Morgan fingerprint density at radius 3 is 2.55 bits per heavy atom. The van der Waals surface area contributed by atoms with E-state index in [-0.39, 0.29) is 18.4 Å². The SMILES string of the molecule is Cc1cccc(C)c1NC(=O)COc1cccc[n+]1[O-]. The van der Waals surface area contributed by atoms with Gasteiger partial charge in [-0.1, -0.05) is 18.2 Å². The highest BCUT2D eigenvalue weighted by Gasteiger charge is 2.10. The van der Waals surface area contributed by atoms with Gasteiger partial charge in [0.05, 0.1) is 6.07 Å². The molecule has 20 heavy (non-hydrogen) atoms. The van der Waals surface area contributed by atoms with Crippen molar-refractivity contribution in [2.75, 3.05) is 11.9 Å². The maximum atomic E-state index is 11.9. The third-order valence-corrected chi connectivity index (χ3v) is 2.89. The Labute approximate surface area is 117 Å². The number of pyridine rings is 1. The quantitative estimate of drug-likeness (QED) is 0.683. The maximum Gasteiger partial charge on any atom is 0.379 e. The van der Waals surface area contributed by atoms with Gasteiger partial charge in [0, 0.05) is 11.8 Å². The Bertz CT molecular complexity index is 606. The first-order valence-corrected chi connectivity index (χ1v) is 6.25. The largest absolute Gasteiger partial charge is 0.616 e. The van der Waals surface area contributed by atoms with Crippen LogP contribution < -0.4 is 14.8 Å². The van der Waals surface area contributed by atoms with E-state index < -0.39 is 0 Å². The van der Waals surface area contributed by atoms with Crippen molar-refractivity contribution in [3.8, 4) is 5.88 Å². The molecule has 0 aliphatic rings. The molecule has 1 aromatic carbocycles. The molecule has 0 aliphatic carbocycles. The fraction of sp³-hybridized carbons (Fsp3) is 0.200. The van der Waals surface area contributed by atoms with Crippen LogP contribution >= 0.6 is 0 Å². The van der Waals surface area contributed by atoms with E-state index in [4.69, 9.17) is 4.74 Å². The normalized spacial score (nSPS) is 10.1. The lowest BCUT2D eigenvalue weighted by molar-refractivity contribution is -0.612. The van der Waals surface area contributed by atoms with Crippen LogP contribution in [0.5, 0.6) is 5.88 Å². The molecule has 0 radical (unpaired) electrons. The third kappa shape index (κ3) is 3.26. The van der Waals surface area contributed by atoms with E-state index >= 15 is 0 Å². The summed E-state index contributed by atoms with van der Waals surface area (Å²) in [7, 11) is 0. The van der Waals surface area contributed by atoms with E-state index in [1.807, 2.05) is 32.0 Å². The molecule has 5 heteroatoms. The summed E-state index contributed by atoms with van der Waals surface area (Å²) in [6.45, 7) is 3.64. The molecule has 2 rings (SSSR count). The number of hydrogen-bond donors (Lipinski definition) is 1. The van der Waals surface area contributed by atoms with Crippen molar-refractivity contribution >= 4 is 11.6 Å². The Morgan fingerprint density at radius 2 is 1.90 bits per heavy atom. The molecule has 1 N–H and O–H groups in total. The van der Waals surface area contributed by atoms with Gasteiger partial charge in [-0.25, -0.2) is 0 Å². The first-order chi connectivity index (χ1) is 9.58. The number of carbonyl (C=O) groups excluding carboxylic acids is 1. The number of para-hydroxylation sites is 1. The highest BCUT2D eigenvalue weighted by atomic mass is 16.6. The maximum absolute atomic E-state index is 11.9. The number of nitrogens with one attached hydrogen (secondary N) is 1. The van der Waals surface area contributed by atoms with Crippen LogP contribution in [0, 0.1) is 19.1 Å². The molecule has 5 nitrogen and oxygen atoms in total. The van der Waals surface area contributed by atoms with E-state index in [0.717, 1.165) is 16.8 Å². The molecule has 104 valence electrons. The molecule has 1 heterocycles. The zero-order valence-electron chi connectivity index (χ0n) is 11.4. The molecule has 0 fully saturated rings. The van der Waals surface area contributed by atoms with E-state index in [1.54, 1.807) is 12.1 Å². The van der Waals surface area contributed by atoms with Crippen molar-refractivity contribution in [1.29, 1.82) is 0 Å². The summed E-state index contributed by atoms with van der Waals surface area (Å²) in [6.07, 6.45) is 1.32. The van der Waals surface area contributed by atoms with Crippen molar-refractivity contribution in [3.05, 3.63) is 58.9 Å². The summed E-state index contributed by atoms with van der Waals surface area (Å²) < 4.78 is 5.76. The Kier molecular flexibility index (Phi) is 4.20. The van der Waals surface area contributed by atoms with Crippen LogP contribution in [0.1, 0.15) is 11.1 Å². The first-order valence-electron chi connectivity index (χ1n) is 6.25. The average Bonchev–Trinajstić information content (AvgIpc) is 2.42. The van der Waals surface area contributed by atoms with Crippen LogP contribution in [-0.4, -0.2) is 12.5 Å². The van der Waals surface area contributed by atoms with Crippen molar-refractivity contribution < 1.29 is 14.3 Å². The predicted octanol–water partition coefficient (Wildman–Crippen LogP) is 1.95. The molecule has 0 atom stereocenters. The van der Waals surface area contributed by atoms with E-state index in [2.05, 4.69) is 5.32 Å². The van der Waals surface area contributed by atoms with Gasteiger partial charge in [0.1, 0.15) is 0 Å². The minimum absolute atomic E-state index is 0.101. The fourth-order valence-electron chi connectivity index (χ4n) is 1.85. The van der Waals surface area contributed by atoms with E-state index in [0.29, 0.717) is 4.73 Å². The molecule has 0 saturated carbocycles. The molecule has 0 unspecified atom stereocenters. The number of ether oxygens (including phenoxy) is 1. The molecule has 1 amide bonds. The number of aromatic nitrogens is 1. The first kappa shape index (κ1) is 13.9. The second-order valence-electron chi connectivity index (χ2n) is 4.47. The number of amides is 1. The number of benzene rings is 1. The van der Waals surface area contributed by atoms with E-state index in [1.165, 1.54) is 12.3 Å². The van der Waals surface area contributed by atoms with Gasteiger partial charge in [0.2, 0.25) is 0 Å². The van der Waals surface area contributed by atoms with Crippen molar-refractivity contribution in [3.63, 3.8) is 0 Å². The van der Waals surface area contributed by atoms with Crippen LogP contribution in [0.15, 0.2) is 42.6 Å². The lowest BCUT2D eigenvalue weighted by Crippen LogP contribution is -2.31. The van der Waals surface area contributed by atoms with Crippen LogP contribution in [-0.2, 0) is 4.79 Å². The highest BCUT2D eigenvalue weighted by Crippen LogP contribution is 2.19. The molecular weight excluding hydrogens is 256 g/mol. The third-order valence-electron chi connectivity index (χ3n) is 2.89. The van der Waals surface area contributed by atoms with Crippen LogP contribution in [0.2, 0.25) is 0 Å². The Hall–Kier alpha value is -2.56. The fourth-order valence-corrected chi connectivity index (χ4v) is 1.85. The van der Waals surface area contributed by atoms with Crippen molar-refractivity contribution in [2.45, 2.75) is 13.8 Å². The monoisotopic (exact) mass is 272 g/mol. The summed E-state index contributed by atoms with van der Waals surface area (Å²) in [5.41, 5.74) is 2.75. The van der Waals surface area contributed by atoms with Gasteiger partial charge in [0.25, 0.3) is 5.91 Å². The predicted molar refractivity (Wildman–Crippen MR) is 75.4 cm³/mol. The smallest absolute Gasteiger partial charge is 0.379 e. The zero-order chi connectivity index (χ0) is 14.5. The number of anilines is 1. The van der Waals surface area contributed by atoms with Gasteiger partial charge in [0.15, 0.2) is 12.8 Å². The minimum atomic E-state index is -0.300. The summed E-state index contributed by atoms with van der Waals surface area (Å²) in [6, 6.07) is 10.6. The number of carbonyl (C=O) groups is 1. The van der Waals surface area contributed by atoms with Crippen molar-refractivity contribution in [2.24, 2.45) is 0 Å². The number of aryl methyl sites for hydroxylation is 2. The summed E-state index contributed by atoms with van der Waals surface area (Å²) >= 11 is 0. The molecule has 0 bridgehead atoms. The number of hydrogen-bond acceptors (Lipinski definition) is 3. The lowest BCUT2D eigenvalue weighted by Gasteiger charge is -2.11. The van der Waals surface area contributed by atoms with Gasteiger partial charge in [-0.15, -0.1) is 4.73 Å². The van der Waals surface area contributed by atoms with E-state index in [9.17, 15) is 10.0 Å². The van der Waals surface area contributed by atoms with Gasteiger partial charge in [-0.3, -0.25) is 4.79 Å². The van der Waals surface area contributed by atoms with Crippen LogP contribution in [0.4, 0.5) is 5.69 Å². The topological polar surface area (TPSA) is 65.3 Å². The molecule has 0 spiro atoms. The molecule has 0 saturated heterocycles. The average molecular weight is 272 g/mol. The van der Waals surface area contributed by atoms with Gasteiger partial charge >= 0.3 is 5.88 Å². The Balaban J connectivity index is 1.98. The lowest BCUT2D eigenvalue weighted by atomic mass is 10.1.